The van der Waals surface area contributed by atoms with Gasteiger partial charge in [-0.25, -0.2) is 0 Å². The summed E-state index contributed by atoms with van der Waals surface area (Å²) in [4.78, 5) is 14.9. The highest BCUT2D eigenvalue weighted by Crippen LogP contribution is 2.37. The lowest BCUT2D eigenvalue weighted by Gasteiger charge is -2.42. The third-order valence-electron chi connectivity index (χ3n) is 4.73. The number of carbonyl (C=O) groups excluding carboxylic acids is 1. The molecule has 1 aromatic rings. The number of hydrogen-bond donors (Lipinski definition) is 0. The number of rotatable bonds is 3. The number of Topliss-reactive ketones (excluding diaryl/α,β-unsaturated/α-hetero) is 1. The van der Waals surface area contributed by atoms with E-state index in [0.29, 0.717) is 17.7 Å². The van der Waals surface area contributed by atoms with Crippen molar-refractivity contribution in [3.63, 3.8) is 0 Å². The van der Waals surface area contributed by atoms with E-state index in [9.17, 15) is 4.79 Å². The molecule has 2 heteroatoms. The molecule has 3 rings (SSSR count). The monoisotopic (exact) mass is 257 g/mol. The number of fused-ring (bicyclic) bond motifs is 3. The first-order valence-electron chi connectivity index (χ1n) is 7.64. The maximum absolute atomic E-state index is 12.3. The molecule has 102 valence electrons. The number of nitrogens with zero attached hydrogens (tertiary/aromatic N) is 1. The van der Waals surface area contributed by atoms with Gasteiger partial charge in [-0.15, -0.1) is 0 Å². The molecule has 1 fully saturated rings. The second-order valence-electron chi connectivity index (χ2n) is 5.97. The molecule has 0 amide bonds. The Balaban J connectivity index is 1.78. The summed E-state index contributed by atoms with van der Waals surface area (Å²) in [5.74, 6) is 0.785. The quantitative estimate of drug-likeness (QED) is 0.827. The SMILES string of the molecule is CCCCC1CN2CCc3ccccc3C2CC1=O. The van der Waals surface area contributed by atoms with Gasteiger partial charge in [-0.3, -0.25) is 9.69 Å². The Bertz CT molecular complexity index is 468. The molecule has 0 spiro atoms. The summed E-state index contributed by atoms with van der Waals surface area (Å²) in [6, 6.07) is 9.01. The van der Waals surface area contributed by atoms with Crippen LogP contribution in [-0.4, -0.2) is 23.8 Å². The van der Waals surface area contributed by atoms with Gasteiger partial charge in [0.2, 0.25) is 0 Å². The van der Waals surface area contributed by atoms with E-state index in [-0.39, 0.29) is 0 Å². The van der Waals surface area contributed by atoms with Gasteiger partial charge < -0.3 is 0 Å². The van der Waals surface area contributed by atoms with E-state index < -0.39 is 0 Å². The van der Waals surface area contributed by atoms with Gasteiger partial charge >= 0.3 is 0 Å². The summed E-state index contributed by atoms with van der Waals surface area (Å²) >= 11 is 0. The topological polar surface area (TPSA) is 20.3 Å². The van der Waals surface area contributed by atoms with Crippen molar-refractivity contribution in [1.29, 1.82) is 0 Å². The van der Waals surface area contributed by atoms with Gasteiger partial charge in [0.05, 0.1) is 0 Å². The molecule has 2 heterocycles. The van der Waals surface area contributed by atoms with Crippen LogP contribution in [0.25, 0.3) is 0 Å². The summed E-state index contributed by atoms with van der Waals surface area (Å²) in [7, 11) is 0. The van der Waals surface area contributed by atoms with Crippen LogP contribution in [0, 0.1) is 5.92 Å². The predicted octanol–water partition coefficient (Wildman–Crippen LogP) is 3.37. The van der Waals surface area contributed by atoms with Crippen LogP contribution in [0.15, 0.2) is 24.3 Å². The van der Waals surface area contributed by atoms with Gasteiger partial charge in [0.1, 0.15) is 5.78 Å². The number of unbranched alkanes of at least 4 members (excludes halogenated alkanes) is 1. The second kappa shape index (κ2) is 5.46. The van der Waals surface area contributed by atoms with Crippen molar-refractivity contribution in [2.24, 2.45) is 5.92 Å². The number of benzene rings is 1. The molecule has 1 saturated heterocycles. The van der Waals surface area contributed by atoms with Crippen LogP contribution >= 0.6 is 0 Å². The maximum atomic E-state index is 12.3. The molecule has 2 unspecified atom stereocenters. The van der Waals surface area contributed by atoms with E-state index in [1.807, 2.05) is 0 Å². The smallest absolute Gasteiger partial charge is 0.139 e. The highest BCUT2D eigenvalue weighted by molar-refractivity contribution is 5.83. The van der Waals surface area contributed by atoms with Crippen molar-refractivity contribution in [3.8, 4) is 0 Å². The average Bonchev–Trinajstić information content (AvgIpc) is 2.45. The number of carbonyl (C=O) groups is 1. The molecule has 0 bridgehead atoms. The first kappa shape index (κ1) is 12.9. The molecule has 0 radical (unpaired) electrons. The molecule has 0 N–H and O–H groups in total. The highest BCUT2D eigenvalue weighted by atomic mass is 16.1. The van der Waals surface area contributed by atoms with Crippen LogP contribution < -0.4 is 0 Å². The van der Waals surface area contributed by atoms with Crippen molar-refractivity contribution in [3.05, 3.63) is 35.4 Å². The molecule has 2 aliphatic rings. The molecule has 0 aromatic heterocycles. The Morgan fingerprint density at radius 3 is 3.00 bits per heavy atom. The minimum absolute atomic E-state index is 0.293. The Morgan fingerprint density at radius 1 is 1.32 bits per heavy atom. The second-order valence-corrected chi connectivity index (χ2v) is 5.97. The van der Waals surface area contributed by atoms with Crippen molar-refractivity contribution >= 4 is 5.78 Å². The minimum atomic E-state index is 0.293. The summed E-state index contributed by atoms with van der Waals surface area (Å²) < 4.78 is 0. The molecule has 2 nitrogen and oxygen atoms in total. The predicted molar refractivity (Wildman–Crippen MR) is 77.1 cm³/mol. The third kappa shape index (κ3) is 2.46. The van der Waals surface area contributed by atoms with Crippen LogP contribution in [0.3, 0.4) is 0 Å². The fourth-order valence-electron chi connectivity index (χ4n) is 3.61. The molecule has 2 aliphatic heterocycles. The highest BCUT2D eigenvalue weighted by Gasteiger charge is 2.37. The van der Waals surface area contributed by atoms with E-state index in [1.165, 1.54) is 24.0 Å². The maximum Gasteiger partial charge on any atom is 0.139 e. The normalized spacial score (nSPS) is 26.9. The van der Waals surface area contributed by atoms with Crippen LogP contribution in [-0.2, 0) is 11.2 Å². The first-order valence-corrected chi connectivity index (χ1v) is 7.64. The zero-order chi connectivity index (χ0) is 13.2. The Labute approximate surface area is 115 Å². The Kier molecular flexibility index (Phi) is 3.69. The third-order valence-corrected chi connectivity index (χ3v) is 4.73. The Morgan fingerprint density at radius 2 is 2.16 bits per heavy atom. The summed E-state index contributed by atoms with van der Waals surface area (Å²) in [5.41, 5.74) is 2.85. The average molecular weight is 257 g/mol. The van der Waals surface area contributed by atoms with E-state index in [0.717, 1.165) is 32.4 Å². The fraction of sp³-hybridized carbons (Fsp3) is 0.588. The number of piperidine rings is 1. The van der Waals surface area contributed by atoms with Crippen LogP contribution in [0.1, 0.15) is 49.8 Å². The van der Waals surface area contributed by atoms with E-state index >= 15 is 0 Å². The van der Waals surface area contributed by atoms with Crippen molar-refractivity contribution in [2.45, 2.75) is 45.1 Å². The van der Waals surface area contributed by atoms with Gasteiger partial charge in [0.25, 0.3) is 0 Å². The minimum Gasteiger partial charge on any atom is -0.299 e. The molecule has 0 saturated carbocycles. The lowest BCUT2D eigenvalue weighted by atomic mass is 9.81. The van der Waals surface area contributed by atoms with Crippen LogP contribution in [0.4, 0.5) is 0 Å². The van der Waals surface area contributed by atoms with Gasteiger partial charge in [-0.05, 0) is 24.0 Å². The van der Waals surface area contributed by atoms with Gasteiger partial charge in [-0.2, -0.15) is 0 Å². The summed E-state index contributed by atoms with van der Waals surface area (Å²) in [6.07, 6.45) is 5.33. The van der Waals surface area contributed by atoms with E-state index in [4.69, 9.17) is 0 Å². The molecular formula is C17H23NO. The zero-order valence-electron chi connectivity index (χ0n) is 11.8. The molecule has 2 atom stereocenters. The van der Waals surface area contributed by atoms with E-state index in [1.54, 1.807) is 0 Å². The largest absolute Gasteiger partial charge is 0.299 e. The standard InChI is InChI=1S/C17H23NO/c1-2-3-6-14-12-18-10-9-13-7-4-5-8-15(13)16(18)11-17(14)19/h4-5,7-8,14,16H,2-3,6,9-12H2,1H3. The van der Waals surface area contributed by atoms with Crippen LogP contribution in [0.2, 0.25) is 0 Å². The molecular weight excluding hydrogens is 234 g/mol. The first-order chi connectivity index (χ1) is 9.29. The van der Waals surface area contributed by atoms with Crippen molar-refractivity contribution < 1.29 is 4.79 Å². The lowest BCUT2D eigenvalue weighted by Crippen LogP contribution is -2.46. The van der Waals surface area contributed by atoms with Gasteiger partial charge in [0.15, 0.2) is 0 Å². The number of hydrogen-bond acceptors (Lipinski definition) is 2. The summed E-state index contributed by atoms with van der Waals surface area (Å²) in [5, 5.41) is 0. The van der Waals surface area contributed by atoms with E-state index in [2.05, 4.69) is 36.1 Å². The molecule has 0 aliphatic carbocycles. The van der Waals surface area contributed by atoms with Crippen LogP contribution in [0.5, 0.6) is 0 Å². The fourth-order valence-corrected chi connectivity index (χ4v) is 3.61. The lowest BCUT2D eigenvalue weighted by molar-refractivity contribution is -0.129. The summed E-state index contributed by atoms with van der Waals surface area (Å²) in [6.45, 7) is 4.31. The number of ketones is 1. The van der Waals surface area contributed by atoms with Crippen molar-refractivity contribution in [2.75, 3.05) is 13.1 Å². The molecule has 1 aromatic carbocycles. The van der Waals surface area contributed by atoms with Crippen molar-refractivity contribution in [1.82, 2.24) is 4.90 Å². The Hall–Kier alpha value is -1.15. The zero-order valence-corrected chi connectivity index (χ0v) is 11.8. The van der Waals surface area contributed by atoms with Gasteiger partial charge in [-0.1, -0.05) is 44.0 Å². The molecule has 19 heavy (non-hydrogen) atoms. The van der Waals surface area contributed by atoms with Gasteiger partial charge in [0, 0.05) is 31.5 Å².